The Morgan fingerprint density at radius 2 is 1.81 bits per heavy atom. The largest absolute Gasteiger partial charge is 0.336 e. The minimum Gasteiger partial charge on any atom is -0.336 e. The summed E-state index contributed by atoms with van der Waals surface area (Å²) in [5.74, 6) is 1.01. The summed E-state index contributed by atoms with van der Waals surface area (Å²) in [4.78, 5) is 26.6. The highest BCUT2D eigenvalue weighted by Crippen LogP contribution is 2.28. The van der Waals surface area contributed by atoms with E-state index in [1.54, 1.807) is 0 Å². The molecule has 1 fully saturated rings. The van der Waals surface area contributed by atoms with Crippen LogP contribution in [0.15, 0.2) is 67.3 Å². The molecule has 1 aromatic carbocycles. The maximum absolute atomic E-state index is 13.1. The van der Waals surface area contributed by atoms with Crippen LogP contribution < -0.4 is 0 Å². The van der Waals surface area contributed by atoms with Gasteiger partial charge in [-0.2, -0.15) is 0 Å². The van der Waals surface area contributed by atoms with Crippen LogP contribution in [-0.2, 0) is 7.05 Å². The lowest BCUT2D eigenvalue weighted by molar-refractivity contribution is 0.0585. The van der Waals surface area contributed by atoms with Gasteiger partial charge in [-0.25, -0.2) is 9.97 Å². The second-order valence-corrected chi connectivity index (χ2v) is 8.13. The van der Waals surface area contributed by atoms with E-state index >= 15 is 0 Å². The average Bonchev–Trinajstić information content (AvgIpc) is 3.41. The molecule has 0 saturated carbocycles. The Kier molecular flexibility index (Phi) is 5.03. The Morgan fingerprint density at radius 3 is 2.52 bits per heavy atom. The van der Waals surface area contributed by atoms with Gasteiger partial charge in [0.2, 0.25) is 0 Å². The van der Waals surface area contributed by atoms with Gasteiger partial charge in [-0.15, -0.1) is 0 Å². The Labute approximate surface area is 181 Å². The predicted octanol–water partition coefficient (Wildman–Crippen LogP) is 2.92. The minimum atomic E-state index is -0.00532. The zero-order valence-corrected chi connectivity index (χ0v) is 17.8. The smallest absolute Gasteiger partial charge is 0.274 e. The van der Waals surface area contributed by atoms with E-state index in [9.17, 15) is 4.79 Å². The zero-order valence-electron chi connectivity index (χ0n) is 17.8. The Bertz CT molecular complexity index is 1200. The second kappa shape index (κ2) is 8.00. The van der Waals surface area contributed by atoms with Crippen molar-refractivity contribution in [1.29, 1.82) is 0 Å². The number of imidazole rings is 2. The van der Waals surface area contributed by atoms with E-state index in [0.29, 0.717) is 18.8 Å². The van der Waals surface area contributed by atoms with E-state index in [1.807, 2.05) is 66.3 Å². The van der Waals surface area contributed by atoms with E-state index in [0.717, 1.165) is 30.1 Å². The monoisotopic (exact) mass is 414 g/mol. The van der Waals surface area contributed by atoms with Gasteiger partial charge in [0.15, 0.2) is 0 Å². The van der Waals surface area contributed by atoms with Gasteiger partial charge in [-0.3, -0.25) is 9.69 Å². The maximum atomic E-state index is 13.1. The summed E-state index contributed by atoms with van der Waals surface area (Å²) >= 11 is 0. The molecule has 1 saturated heterocycles. The van der Waals surface area contributed by atoms with Crippen molar-refractivity contribution in [2.75, 3.05) is 26.2 Å². The third kappa shape index (κ3) is 3.72. The number of aryl methyl sites for hydroxylation is 2. The number of hydrogen-bond donors (Lipinski definition) is 0. The summed E-state index contributed by atoms with van der Waals surface area (Å²) in [6.07, 6.45) is 7.60. The molecule has 4 heterocycles. The first-order valence-corrected chi connectivity index (χ1v) is 10.6. The van der Waals surface area contributed by atoms with E-state index in [1.165, 1.54) is 5.56 Å². The summed E-state index contributed by atoms with van der Waals surface area (Å²) in [6.45, 7) is 4.93. The van der Waals surface area contributed by atoms with E-state index in [-0.39, 0.29) is 11.9 Å². The van der Waals surface area contributed by atoms with Crippen LogP contribution in [0.25, 0.3) is 5.65 Å². The third-order valence-corrected chi connectivity index (χ3v) is 6.02. The normalized spacial score (nSPS) is 16.0. The average molecular weight is 415 g/mol. The highest BCUT2D eigenvalue weighted by atomic mass is 16.2. The Morgan fingerprint density at radius 1 is 1.03 bits per heavy atom. The Hall–Kier alpha value is -3.45. The number of piperazine rings is 1. The highest BCUT2D eigenvalue weighted by molar-refractivity contribution is 5.93. The molecule has 0 unspecified atom stereocenters. The number of aromatic nitrogens is 4. The van der Waals surface area contributed by atoms with Gasteiger partial charge >= 0.3 is 0 Å². The van der Waals surface area contributed by atoms with Crippen molar-refractivity contribution in [3.63, 3.8) is 0 Å². The van der Waals surface area contributed by atoms with Crippen LogP contribution in [-0.4, -0.2) is 60.8 Å². The molecule has 3 aromatic heterocycles. The standard InChI is InChI=1S/C24H26N6O/c1-18-8-10-30-17-20(26-21(30)16-18)24(31)29-14-12-28(13-15-29)22(19-6-4-3-5-7-19)23-25-9-11-27(23)2/h3-11,16-17,22H,12-15H2,1-2H3/t22-/m1/s1. The van der Waals surface area contributed by atoms with Crippen molar-refractivity contribution >= 4 is 11.6 Å². The minimum absolute atomic E-state index is 0.00532. The first kappa shape index (κ1) is 19.5. The molecule has 1 aliphatic heterocycles. The molecular weight excluding hydrogens is 388 g/mol. The van der Waals surface area contributed by atoms with Crippen LogP contribution in [0.2, 0.25) is 0 Å². The van der Waals surface area contributed by atoms with Crippen molar-refractivity contribution in [3.05, 3.63) is 89.9 Å². The fraction of sp³-hybridized carbons (Fsp3) is 0.292. The zero-order chi connectivity index (χ0) is 21.4. The molecule has 4 aromatic rings. The van der Waals surface area contributed by atoms with Crippen molar-refractivity contribution in [3.8, 4) is 0 Å². The lowest BCUT2D eigenvalue weighted by atomic mass is 10.0. The third-order valence-electron chi connectivity index (χ3n) is 6.02. The molecule has 1 amide bonds. The lowest BCUT2D eigenvalue weighted by Gasteiger charge is -2.39. The van der Waals surface area contributed by atoms with Crippen LogP contribution in [0, 0.1) is 6.92 Å². The van der Waals surface area contributed by atoms with Crippen LogP contribution in [0.5, 0.6) is 0 Å². The van der Waals surface area contributed by atoms with E-state index in [4.69, 9.17) is 0 Å². The predicted molar refractivity (Wildman–Crippen MR) is 119 cm³/mol. The fourth-order valence-corrected chi connectivity index (χ4v) is 4.33. The highest BCUT2D eigenvalue weighted by Gasteiger charge is 2.31. The molecular formula is C24H26N6O. The number of hydrogen-bond acceptors (Lipinski definition) is 4. The molecule has 5 rings (SSSR count). The molecule has 158 valence electrons. The van der Waals surface area contributed by atoms with Crippen LogP contribution in [0.3, 0.4) is 0 Å². The molecule has 1 aliphatic rings. The molecule has 7 heteroatoms. The number of nitrogens with zero attached hydrogens (tertiary/aromatic N) is 6. The van der Waals surface area contributed by atoms with Crippen molar-refractivity contribution < 1.29 is 4.79 Å². The lowest BCUT2D eigenvalue weighted by Crippen LogP contribution is -2.50. The maximum Gasteiger partial charge on any atom is 0.274 e. The van der Waals surface area contributed by atoms with Gasteiger partial charge in [0.25, 0.3) is 5.91 Å². The first-order valence-electron chi connectivity index (χ1n) is 10.6. The fourth-order valence-electron chi connectivity index (χ4n) is 4.33. The van der Waals surface area contributed by atoms with Crippen molar-refractivity contribution in [2.24, 2.45) is 7.05 Å². The van der Waals surface area contributed by atoms with Crippen molar-refractivity contribution in [2.45, 2.75) is 13.0 Å². The van der Waals surface area contributed by atoms with Crippen molar-refractivity contribution in [1.82, 2.24) is 28.7 Å². The van der Waals surface area contributed by atoms with Gasteiger partial charge < -0.3 is 13.9 Å². The van der Waals surface area contributed by atoms with E-state index in [2.05, 4.69) is 43.7 Å². The van der Waals surface area contributed by atoms with Gasteiger partial charge in [0.05, 0.1) is 6.04 Å². The summed E-state index contributed by atoms with van der Waals surface area (Å²) in [5, 5.41) is 0. The number of benzene rings is 1. The quantitative estimate of drug-likeness (QED) is 0.515. The van der Waals surface area contributed by atoms with Gasteiger partial charge in [-0.1, -0.05) is 30.3 Å². The summed E-state index contributed by atoms with van der Waals surface area (Å²) in [6, 6.07) is 14.5. The molecule has 1 atom stereocenters. The SMILES string of the molecule is Cc1ccn2cc(C(=O)N3CCN([C@H](c4ccccc4)c4nccn4C)CC3)nc2c1. The second-order valence-electron chi connectivity index (χ2n) is 8.13. The van der Waals surface area contributed by atoms with Crippen LogP contribution >= 0.6 is 0 Å². The number of carbonyl (C=O) groups is 1. The molecule has 0 spiro atoms. The number of rotatable bonds is 4. The summed E-state index contributed by atoms with van der Waals surface area (Å²) in [5.41, 5.74) is 3.66. The van der Waals surface area contributed by atoms with Gasteiger partial charge in [-0.05, 0) is 30.2 Å². The number of fused-ring (bicyclic) bond motifs is 1. The molecule has 0 radical (unpaired) electrons. The number of pyridine rings is 1. The molecule has 0 N–H and O–H groups in total. The summed E-state index contributed by atoms with van der Waals surface area (Å²) < 4.78 is 3.98. The number of carbonyl (C=O) groups excluding carboxylic acids is 1. The summed E-state index contributed by atoms with van der Waals surface area (Å²) in [7, 11) is 2.03. The number of amides is 1. The molecule has 7 nitrogen and oxygen atoms in total. The molecule has 0 aliphatic carbocycles. The first-order chi connectivity index (χ1) is 15.1. The van der Waals surface area contributed by atoms with Crippen LogP contribution in [0.4, 0.5) is 0 Å². The van der Waals surface area contributed by atoms with E-state index < -0.39 is 0 Å². The molecule has 31 heavy (non-hydrogen) atoms. The van der Waals surface area contributed by atoms with Crippen LogP contribution in [0.1, 0.15) is 33.5 Å². The van der Waals surface area contributed by atoms with Gasteiger partial charge in [0.1, 0.15) is 17.2 Å². The Balaban J connectivity index is 1.34. The topological polar surface area (TPSA) is 58.7 Å². The molecule has 0 bridgehead atoms. The van der Waals surface area contributed by atoms with Gasteiger partial charge in [0, 0.05) is 58.0 Å².